The van der Waals surface area contributed by atoms with Gasteiger partial charge in [0.2, 0.25) is 5.91 Å². The van der Waals surface area contributed by atoms with E-state index in [0.29, 0.717) is 0 Å². The maximum absolute atomic E-state index is 10.7. The molecule has 1 aliphatic carbocycles. The molecule has 0 aliphatic heterocycles. The maximum atomic E-state index is 10.7. The predicted molar refractivity (Wildman–Crippen MR) is 40.6 cm³/mol. The molecule has 0 atom stereocenters. The summed E-state index contributed by atoms with van der Waals surface area (Å²) in [6, 6.07) is 0.283. The molecule has 1 radical (unpaired) electrons. The zero-order chi connectivity index (χ0) is 8.10. The summed E-state index contributed by atoms with van der Waals surface area (Å²) >= 11 is 0. The van der Waals surface area contributed by atoms with E-state index in [2.05, 4.69) is 5.32 Å². The third kappa shape index (κ3) is 2.89. The Hall–Kier alpha value is -0.570. The molecule has 1 fully saturated rings. The number of rotatable bonds is 2. The predicted octanol–water partition coefficient (Wildman–Crippen LogP) is 0.866. The molecule has 63 valence electrons. The molecule has 1 aliphatic rings. The number of hydrogen-bond donors (Lipinski definition) is 1. The fourth-order valence-corrected chi connectivity index (χ4v) is 1.52. The molecule has 0 saturated heterocycles. The molecule has 3 heteroatoms. The average molecular weight is 156 g/mol. The Kier molecular flexibility index (Phi) is 3.36. The first-order valence-electron chi connectivity index (χ1n) is 4.20. The van der Waals surface area contributed by atoms with E-state index in [9.17, 15) is 9.90 Å². The lowest BCUT2D eigenvalue weighted by Gasteiger charge is -2.21. The lowest BCUT2D eigenvalue weighted by atomic mass is 9.95. The summed E-state index contributed by atoms with van der Waals surface area (Å²) in [5.41, 5.74) is 0. The van der Waals surface area contributed by atoms with Gasteiger partial charge in [0.25, 0.3) is 0 Å². The lowest BCUT2D eigenvalue weighted by molar-refractivity contribution is -0.126. The van der Waals surface area contributed by atoms with Crippen LogP contribution in [0.15, 0.2) is 0 Å². The molecular weight excluding hydrogens is 142 g/mol. The highest BCUT2D eigenvalue weighted by molar-refractivity contribution is 5.77. The van der Waals surface area contributed by atoms with Crippen LogP contribution in [0.2, 0.25) is 0 Å². The minimum Gasteiger partial charge on any atom is -0.351 e. The smallest absolute Gasteiger partial charge is 0.249 e. The first-order valence-corrected chi connectivity index (χ1v) is 4.20. The molecule has 1 N–H and O–H groups in total. The van der Waals surface area contributed by atoms with E-state index in [0.717, 1.165) is 12.8 Å². The van der Waals surface area contributed by atoms with Crippen LogP contribution in [0.1, 0.15) is 32.1 Å². The lowest BCUT2D eigenvalue weighted by Crippen LogP contribution is -2.37. The summed E-state index contributed by atoms with van der Waals surface area (Å²) in [5, 5.41) is 12.8. The number of carbonyl (C=O) groups excluding carboxylic acids is 1. The molecule has 0 aromatic heterocycles. The Balaban J connectivity index is 2.19. The first kappa shape index (κ1) is 8.53. The van der Waals surface area contributed by atoms with Crippen molar-refractivity contribution in [3.05, 3.63) is 0 Å². The van der Waals surface area contributed by atoms with Crippen LogP contribution in [0.25, 0.3) is 0 Å². The Bertz CT molecular complexity index is 130. The summed E-state index contributed by atoms with van der Waals surface area (Å²) in [4.78, 5) is 10.7. The Morgan fingerprint density at radius 2 is 1.91 bits per heavy atom. The molecule has 0 heterocycles. The van der Waals surface area contributed by atoms with E-state index in [4.69, 9.17) is 0 Å². The van der Waals surface area contributed by atoms with Crippen molar-refractivity contribution < 1.29 is 9.90 Å². The summed E-state index contributed by atoms with van der Waals surface area (Å²) in [7, 11) is 0. The molecule has 0 unspecified atom stereocenters. The minimum absolute atomic E-state index is 0.283. The van der Waals surface area contributed by atoms with Gasteiger partial charge in [0.1, 0.15) is 0 Å². The van der Waals surface area contributed by atoms with Crippen LogP contribution >= 0.6 is 0 Å². The van der Waals surface area contributed by atoms with Crippen LogP contribution in [0.5, 0.6) is 0 Å². The molecule has 3 nitrogen and oxygen atoms in total. The van der Waals surface area contributed by atoms with Gasteiger partial charge in [-0.3, -0.25) is 4.79 Å². The Morgan fingerprint density at radius 3 is 2.45 bits per heavy atom. The van der Waals surface area contributed by atoms with E-state index < -0.39 is 6.61 Å². The third-order valence-electron chi connectivity index (χ3n) is 2.10. The van der Waals surface area contributed by atoms with Crippen molar-refractivity contribution in [2.45, 2.75) is 38.1 Å². The highest BCUT2D eigenvalue weighted by atomic mass is 16.3. The van der Waals surface area contributed by atoms with E-state index in [1.807, 2.05) is 0 Å². The van der Waals surface area contributed by atoms with E-state index >= 15 is 0 Å². The van der Waals surface area contributed by atoms with E-state index in [1.165, 1.54) is 19.3 Å². The van der Waals surface area contributed by atoms with E-state index in [1.54, 1.807) is 0 Å². The normalized spacial score (nSPS) is 19.7. The zero-order valence-electron chi connectivity index (χ0n) is 6.64. The second-order valence-corrected chi connectivity index (χ2v) is 3.05. The highest BCUT2D eigenvalue weighted by Crippen LogP contribution is 2.16. The SMILES string of the molecule is [O]CC(=O)NC1CCCCC1. The van der Waals surface area contributed by atoms with Gasteiger partial charge < -0.3 is 5.32 Å². The highest BCUT2D eigenvalue weighted by Gasteiger charge is 2.14. The zero-order valence-corrected chi connectivity index (χ0v) is 6.64. The summed E-state index contributed by atoms with van der Waals surface area (Å²) in [5.74, 6) is -0.350. The van der Waals surface area contributed by atoms with Crippen LogP contribution in [0.4, 0.5) is 0 Å². The van der Waals surface area contributed by atoms with Crippen molar-refractivity contribution >= 4 is 5.91 Å². The molecule has 0 aromatic rings. The fourth-order valence-electron chi connectivity index (χ4n) is 1.52. The molecule has 1 saturated carbocycles. The van der Waals surface area contributed by atoms with Crippen molar-refractivity contribution in [1.29, 1.82) is 0 Å². The van der Waals surface area contributed by atoms with Crippen LogP contribution < -0.4 is 5.32 Å². The van der Waals surface area contributed by atoms with Gasteiger partial charge in [-0.15, -0.1) is 0 Å². The Morgan fingerprint density at radius 1 is 1.27 bits per heavy atom. The quantitative estimate of drug-likeness (QED) is 0.633. The van der Waals surface area contributed by atoms with Crippen LogP contribution in [0.3, 0.4) is 0 Å². The van der Waals surface area contributed by atoms with Crippen molar-refractivity contribution in [2.75, 3.05) is 6.61 Å². The van der Waals surface area contributed by atoms with Gasteiger partial charge >= 0.3 is 0 Å². The molecule has 1 amide bonds. The molecule has 0 spiro atoms. The van der Waals surface area contributed by atoms with Crippen molar-refractivity contribution in [3.8, 4) is 0 Å². The second-order valence-electron chi connectivity index (χ2n) is 3.05. The van der Waals surface area contributed by atoms with Gasteiger partial charge in [-0.1, -0.05) is 19.3 Å². The van der Waals surface area contributed by atoms with E-state index in [-0.39, 0.29) is 11.9 Å². The standard InChI is InChI=1S/C8H14NO2/c10-6-8(11)9-7-4-2-1-3-5-7/h7H,1-6H2,(H,9,11). The number of amides is 1. The van der Waals surface area contributed by atoms with Crippen molar-refractivity contribution in [2.24, 2.45) is 0 Å². The molecular formula is C8H14NO2. The molecule has 1 rings (SSSR count). The topological polar surface area (TPSA) is 49.0 Å². The van der Waals surface area contributed by atoms with Crippen LogP contribution in [0, 0.1) is 0 Å². The summed E-state index contributed by atoms with van der Waals surface area (Å²) in [6.45, 7) is -0.628. The second kappa shape index (κ2) is 4.34. The molecule has 0 bridgehead atoms. The van der Waals surface area contributed by atoms with Gasteiger partial charge in [-0.2, -0.15) is 0 Å². The molecule has 11 heavy (non-hydrogen) atoms. The van der Waals surface area contributed by atoms with Crippen molar-refractivity contribution in [1.82, 2.24) is 5.32 Å². The Labute approximate surface area is 66.8 Å². The van der Waals surface area contributed by atoms with Crippen LogP contribution in [-0.2, 0) is 9.90 Å². The van der Waals surface area contributed by atoms with Crippen LogP contribution in [-0.4, -0.2) is 18.6 Å². The van der Waals surface area contributed by atoms with Gasteiger partial charge in [0.15, 0.2) is 6.61 Å². The summed E-state index contributed by atoms with van der Waals surface area (Å²) < 4.78 is 0. The fraction of sp³-hybridized carbons (Fsp3) is 0.875. The number of hydrogen-bond acceptors (Lipinski definition) is 1. The first-order chi connectivity index (χ1) is 5.33. The maximum Gasteiger partial charge on any atom is 0.249 e. The number of carbonyl (C=O) groups is 1. The minimum atomic E-state index is -0.628. The van der Waals surface area contributed by atoms with Gasteiger partial charge in [-0.05, 0) is 12.8 Å². The largest absolute Gasteiger partial charge is 0.351 e. The number of nitrogens with one attached hydrogen (secondary N) is 1. The monoisotopic (exact) mass is 156 g/mol. The van der Waals surface area contributed by atoms with Gasteiger partial charge in [-0.25, -0.2) is 5.11 Å². The average Bonchev–Trinajstić information content (AvgIpc) is 2.06. The van der Waals surface area contributed by atoms with Crippen molar-refractivity contribution in [3.63, 3.8) is 0 Å². The third-order valence-corrected chi connectivity index (χ3v) is 2.10. The van der Waals surface area contributed by atoms with Gasteiger partial charge in [0.05, 0.1) is 0 Å². The summed E-state index contributed by atoms with van der Waals surface area (Å²) in [6.07, 6.45) is 5.73. The van der Waals surface area contributed by atoms with Gasteiger partial charge in [0, 0.05) is 6.04 Å². The molecule has 0 aromatic carbocycles.